The van der Waals surface area contributed by atoms with Crippen LogP contribution in [0.25, 0.3) is 0 Å². The maximum Gasteiger partial charge on any atom is 0.297 e. The topological polar surface area (TPSA) is 123 Å². The van der Waals surface area contributed by atoms with Gasteiger partial charge in [0, 0.05) is 0 Å². The fraction of sp³-hybridized carbons (Fsp3) is 0.625. The summed E-state index contributed by atoms with van der Waals surface area (Å²) in [5, 5.41) is 29.5. The molecule has 142 valence electrons. The van der Waals surface area contributed by atoms with Crippen molar-refractivity contribution in [2.24, 2.45) is 0 Å². The average molecular weight is 376 g/mol. The van der Waals surface area contributed by atoms with Gasteiger partial charge in [-0.1, -0.05) is 17.7 Å². The molecule has 1 aromatic rings. The highest BCUT2D eigenvalue weighted by atomic mass is 32.2. The summed E-state index contributed by atoms with van der Waals surface area (Å²) >= 11 is 0. The number of ether oxygens (including phenoxy) is 2. The van der Waals surface area contributed by atoms with E-state index in [9.17, 15) is 23.7 Å². The van der Waals surface area contributed by atoms with Crippen LogP contribution in [0.3, 0.4) is 0 Å². The van der Waals surface area contributed by atoms with E-state index in [4.69, 9.17) is 13.7 Å². The lowest BCUT2D eigenvalue weighted by Gasteiger charge is -2.41. The Morgan fingerprint density at radius 3 is 2.28 bits per heavy atom. The molecule has 0 amide bonds. The molecule has 1 fully saturated rings. The van der Waals surface area contributed by atoms with E-state index in [0.29, 0.717) is 0 Å². The van der Waals surface area contributed by atoms with Crippen LogP contribution in [0.2, 0.25) is 0 Å². The van der Waals surface area contributed by atoms with Crippen LogP contribution in [0.15, 0.2) is 29.2 Å². The summed E-state index contributed by atoms with van der Waals surface area (Å²) in [7, 11) is -4.04. The van der Waals surface area contributed by atoms with Crippen LogP contribution >= 0.6 is 0 Å². The van der Waals surface area contributed by atoms with Gasteiger partial charge < -0.3 is 24.8 Å². The second kappa shape index (κ2) is 8.09. The molecular weight excluding hydrogens is 352 g/mol. The molecule has 1 saturated heterocycles. The van der Waals surface area contributed by atoms with Crippen LogP contribution in [-0.4, -0.2) is 67.2 Å². The van der Waals surface area contributed by atoms with Gasteiger partial charge in [-0.2, -0.15) is 8.42 Å². The molecule has 0 radical (unpaired) electrons. The van der Waals surface area contributed by atoms with E-state index in [0.717, 1.165) is 5.56 Å². The van der Waals surface area contributed by atoms with Crippen molar-refractivity contribution in [3.63, 3.8) is 0 Å². The SMILES string of the molecule is Cc1ccc(S(=O)(=O)OCC2OC(O)C(O)C(O)C2OC(C)C)cc1. The lowest BCUT2D eigenvalue weighted by Crippen LogP contribution is -2.60. The monoisotopic (exact) mass is 376 g/mol. The van der Waals surface area contributed by atoms with Crippen molar-refractivity contribution in [2.75, 3.05) is 6.61 Å². The maximum absolute atomic E-state index is 12.2. The van der Waals surface area contributed by atoms with Crippen LogP contribution in [-0.2, 0) is 23.8 Å². The summed E-state index contributed by atoms with van der Waals surface area (Å²) in [5.74, 6) is 0. The van der Waals surface area contributed by atoms with Crippen LogP contribution in [0.4, 0.5) is 0 Å². The standard InChI is InChI=1S/C16H24O8S/c1-9(2)23-15-12(24-16(19)14(18)13(15)17)8-22-25(20,21)11-6-4-10(3)5-7-11/h4-7,9,12-19H,8H2,1-3H3. The fourth-order valence-corrected chi connectivity index (χ4v) is 3.38. The Kier molecular flexibility index (Phi) is 6.55. The fourth-order valence-electron chi connectivity index (χ4n) is 2.47. The van der Waals surface area contributed by atoms with Crippen molar-refractivity contribution in [1.29, 1.82) is 0 Å². The average Bonchev–Trinajstić information content (AvgIpc) is 2.54. The zero-order valence-corrected chi connectivity index (χ0v) is 15.1. The van der Waals surface area contributed by atoms with Crippen LogP contribution in [0.5, 0.6) is 0 Å². The van der Waals surface area contributed by atoms with Crippen LogP contribution < -0.4 is 0 Å². The van der Waals surface area contributed by atoms with E-state index in [1.54, 1.807) is 26.0 Å². The summed E-state index contributed by atoms with van der Waals surface area (Å²) in [6, 6.07) is 6.12. The van der Waals surface area contributed by atoms with E-state index < -0.39 is 47.4 Å². The Morgan fingerprint density at radius 1 is 1.12 bits per heavy atom. The van der Waals surface area contributed by atoms with E-state index in [1.807, 2.05) is 6.92 Å². The van der Waals surface area contributed by atoms with Gasteiger partial charge in [0.05, 0.1) is 17.6 Å². The molecule has 0 saturated carbocycles. The number of aryl methyl sites for hydroxylation is 1. The molecule has 3 N–H and O–H groups in total. The highest BCUT2D eigenvalue weighted by molar-refractivity contribution is 7.86. The smallest absolute Gasteiger partial charge is 0.297 e. The van der Waals surface area contributed by atoms with Crippen molar-refractivity contribution in [3.8, 4) is 0 Å². The Morgan fingerprint density at radius 2 is 1.72 bits per heavy atom. The van der Waals surface area contributed by atoms with Crippen LogP contribution in [0, 0.1) is 6.92 Å². The minimum atomic E-state index is -4.04. The van der Waals surface area contributed by atoms with Gasteiger partial charge in [0.1, 0.15) is 24.4 Å². The molecule has 5 atom stereocenters. The summed E-state index contributed by atoms with van der Waals surface area (Å²) < 4.78 is 40.2. The zero-order chi connectivity index (χ0) is 18.8. The highest BCUT2D eigenvalue weighted by Crippen LogP contribution is 2.25. The Hall–Kier alpha value is -1.07. The first kappa shape index (κ1) is 20.2. The third kappa shape index (κ3) is 4.98. The molecule has 1 aliphatic heterocycles. The summed E-state index contributed by atoms with van der Waals surface area (Å²) in [4.78, 5) is -0.0173. The third-order valence-electron chi connectivity index (χ3n) is 3.79. The first-order chi connectivity index (χ1) is 11.6. The number of benzene rings is 1. The van der Waals surface area contributed by atoms with Crippen molar-refractivity contribution in [2.45, 2.75) is 62.5 Å². The number of aliphatic hydroxyl groups is 3. The van der Waals surface area contributed by atoms with Crippen LogP contribution in [0.1, 0.15) is 19.4 Å². The summed E-state index contributed by atoms with van der Waals surface area (Å²) in [6.07, 6.45) is -7.11. The number of rotatable bonds is 6. The first-order valence-electron chi connectivity index (χ1n) is 7.93. The predicted molar refractivity (Wildman–Crippen MR) is 87.2 cm³/mol. The number of hydrogen-bond acceptors (Lipinski definition) is 8. The molecule has 0 aliphatic carbocycles. The molecular formula is C16H24O8S. The quantitative estimate of drug-likeness (QED) is 0.590. The predicted octanol–water partition coefficient (Wildman–Crippen LogP) is -0.0671. The van der Waals surface area contributed by atoms with Gasteiger partial charge in [-0.3, -0.25) is 4.18 Å². The van der Waals surface area contributed by atoms with Gasteiger partial charge >= 0.3 is 0 Å². The highest BCUT2D eigenvalue weighted by Gasteiger charge is 2.45. The molecule has 1 aromatic carbocycles. The lowest BCUT2D eigenvalue weighted by molar-refractivity contribution is -0.297. The number of hydrogen-bond donors (Lipinski definition) is 3. The molecule has 8 nitrogen and oxygen atoms in total. The first-order valence-corrected chi connectivity index (χ1v) is 9.34. The largest absolute Gasteiger partial charge is 0.387 e. The molecule has 9 heteroatoms. The van der Waals surface area contributed by atoms with E-state index in [1.165, 1.54) is 12.1 Å². The van der Waals surface area contributed by atoms with Crippen molar-refractivity contribution in [1.82, 2.24) is 0 Å². The minimum absolute atomic E-state index is 0.0173. The molecule has 1 aliphatic rings. The third-order valence-corrected chi connectivity index (χ3v) is 5.08. The van der Waals surface area contributed by atoms with E-state index >= 15 is 0 Å². The van der Waals surface area contributed by atoms with Gasteiger partial charge in [0.2, 0.25) is 0 Å². The molecule has 25 heavy (non-hydrogen) atoms. The molecule has 5 unspecified atom stereocenters. The maximum atomic E-state index is 12.2. The van der Waals surface area contributed by atoms with Crippen molar-refractivity contribution >= 4 is 10.1 Å². The zero-order valence-electron chi connectivity index (χ0n) is 14.3. The Balaban J connectivity index is 2.11. The number of aliphatic hydroxyl groups excluding tert-OH is 3. The molecule has 1 heterocycles. The summed E-state index contributed by atoms with van der Waals surface area (Å²) in [6.45, 7) is 4.78. The molecule has 2 rings (SSSR count). The van der Waals surface area contributed by atoms with Crippen molar-refractivity contribution in [3.05, 3.63) is 29.8 Å². The normalized spacial score (nSPS) is 30.6. The summed E-state index contributed by atoms with van der Waals surface area (Å²) in [5.41, 5.74) is 0.903. The van der Waals surface area contributed by atoms with Gasteiger partial charge in [-0.15, -0.1) is 0 Å². The molecule has 0 spiro atoms. The minimum Gasteiger partial charge on any atom is -0.387 e. The van der Waals surface area contributed by atoms with E-state index in [2.05, 4.69) is 0 Å². The van der Waals surface area contributed by atoms with Gasteiger partial charge in [0.25, 0.3) is 10.1 Å². The molecule has 0 aromatic heterocycles. The Labute approximate surface area is 147 Å². The second-order valence-electron chi connectivity index (χ2n) is 6.25. The second-order valence-corrected chi connectivity index (χ2v) is 7.86. The van der Waals surface area contributed by atoms with Crippen molar-refractivity contribution < 1.29 is 37.4 Å². The lowest BCUT2D eigenvalue weighted by atomic mass is 9.99. The molecule has 0 bridgehead atoms. The van der Waals surface area contributed by atoms with Gasteiger partial charge in [0.15, 0.2) is 6.29 Å². The van der Waals surface area contributed by atoms with Gasteiger partial charge in [-0.25, -0.2) is 0 Å². The Bertz CT molecular complexity index is 657. The van der Waals surface area contributed by atoms with E-state index in [-0.39, 0.29) is 11.0 Å². The van der Waals surface area contributed by atoms with Gasteiger partial charge in [-0.05, 0) is 32.9 Å².